The number of imidazole rings is 1. The summed E-state index contributed by atoms with van der Waals surface area (Å²) in [6.07, 6.45) is 6.05. The molecule has 1 saturated heterocycles. The van der Waals surface area contributed by atoms with E-state index in [4.69, 9.17) is 25.4 Å². The lowest BCUT2D eigenvalue weighted by atomic mass is 9.99. The van der Waals surface area contributed by atoms with Crippen LogP contribution in [-0.4, -0.2) is 86.0 Å². The van der Waals surface area contributed by atoms with Crippen molar-refractivity contribution in [2.24, 2.45) is 0 Å². The van der Waals surface area contributed by atoms with Gasteiger partial charge >= 0.3 is 18.1 Å². The van der Waals surface area contributed by atoms with Crippen molar-refractivity contribution in [3.05, 3.63) is 12.4 Å². The number of rotatable bonds is 15. The second kappa shape index (κ2) is 14.8. The van der Waals surface area contributed by atoms with E-state index in [-0.39, 0.29) is 43.0 Å². The van der Waals surface area contributed by atoms with Gasteiger partial charge in [-0.15, -0.1) is 6.42 Å². The topological polar surface area (TPSA) is 167 Å². The summed E-state index contributed by atoms with van der Waals surface area (Å²) >= 11 is 0. The normalized spacial score (nSPS) is 21.2. The van der Waals surface area contributed by atoms with E-state index >= 15 is 0 Å². The molecular formula is C26H36FN5O8. The monoisotopic (exact) mass is 565 g/mol. The van der Waals surface area contributed by atoms with Gasteiger partial charge in [-0.3, -0.25) is 14.7 Å². The van der Waals surface area contributed by atoms with Crippen LogP contribution in [0.4, 0.5) is 15.0 Å². The van der Waals surface area contributed by atoms with Crippen molar-refractivity contribution >= 4 is 29.0 Å². The van der Waals surface area contributed by atoms with Crippen LogP contribution in [0.1, 0.15) is 65.0 Å². The van der Waals surface area contributed by atoms with Crippen molar-refractivity contribution in [1.29, 1.82) is 0 Å². The number of aliphatic hydroxyl groups is 2. The van der Waals surface area contributed by atoms with Crippen LogP contribution in [-0.2, 0) is 23.7 Å². The first kappa shape index (κ1) is 31.2. The van der Waals surface area contributed by atoms with E-state index in [0.717, 1.165) is 25.7 Å². The number of terminal acetylenes is 1. The summed E-state index contributed by atoms with van der Waals surface area (Å²) in [5, 5.41) is 22.3. The van der Waals surface area contributed by atoms with Crippen LogP contribution in [0.3, 0.4) is 0 Å². The molecule has 1 fully saturated rings. The number of ether oxygens (including phenoxy) is 4. The average molecular weight is 566 g/mol. The van der Waals surface area contributed by atoms with Gasteiger partial charge in [-0.25, -0.2) is 9.78 Å². The second-order valence-electron chi connectivity index (χ2n) is 9.40. The first-order chi connectivity index (χ1) is 19.3. The molecule has 0 aliphatic carbocycles. The molecule has 3 heterocycles. The maximum atomic E-state index is 14.4. The second-order valence-corrected chi connectivity index (χ2v) is 9.40. The van der Waals surface area contributed by atoms with Crippen LogP contribution in [0.5, 0.6) is 0 Å². The zero-order chi connectivity index (χ0) is 29.1. The van der Waals surface area contributed by atoms with Crippen LogP contribution in [0.25, 0.3) is 11.2 Å². The summed E-state index contributed by atoms with van der Waals surface area (Å²) in [7, 11) is 0. The maximum Gasteiger partial charge on any atom is 0.413 e. The van der Waals surface area contributed by atoms with Crippen molar-refractivity contribution in [3.63, 3.8) is 0 Å². The van der Waals surface area contributed by atoms with E-state index in [1.807, 2.05) is 6.92 Å². The minimum Gasteiger partial charge on any atom is -0.462 e. The van der Waals surface area contributed by atoms with Gasteiger partial charge in [-0.05, 0) is 12.8 Å². The van der Waals surface area contributed by atoms with Crippen LogP contribution in [0.15, 0.2) is 6.33 Å². The van der Waals surface area contributed by atoms with Gasteiger partial charge in [0, 0.05) is 19.4 Å². The first-order valence-electron chi connectivity index (χ1n) is 13.3. The zero-order valence-corrected chi connectivity index (χ0v) is 22.7. The fourth-order valence-corrected chi connectivity index (χ4v) is 4.07. The Kier molecular flexibility index (Phi) is 11.6. The molecule has 220 valence electrons. The van der Waals surface area contributed by atoms with Crippen LogP contribution in [0, 0.1) is 18.4 Å². The molecule has 3 N–H and O–H groups in total. The highest BCUT2D eigenvalue weighted by Crippen LogP contribution is 2.37. The number of carbonyl (C=O) groups excluding carboxylic acids is 2. The van der Waals surface area contributed by atoms with E-state index in [1.54, 1.807) is 0 Å². The third-order valence-corrected chi connectivity index (χ3v) is 6.35. The van der Waals surface area contributed by atoms with Gasteiger partial charge in [0.25, 0.3) is 0 Å². The number of esters is 1. The number of aromatic nitrogens is 4. The molecule has 14 heteroatoms. The fraction of sp³-hybridized carbons (Fsp3) is 0.654. The first-order valence-corrected chi connectivity index (χ1v) is 13.3. The van der Waals surface area contributed by atoms with Gasteiger partial charge in [-0.1, -0.05) is 39.0 Å². The Labute approximate surface area is 231 Å². The van der Waals surface area contributed by atoms with Gasteiger partial charge in [0.05, 0.1) is 19.5 Å². The molecule has 1 aliphatic rings. The van der Waals surface area contributed by atoms with E-state index in [0.29, 0.717) is 13.0 Å². The smallest absolute Gasteiger partial charge is 0.413 e. The highest BCUT2D eigenvalue weighted by atomic mass is 19.1. The standard InChI is InChI=1S/C26H36FN5O8/c1-4-7-9-11-37-13-17(14-38-20(35)10-8-5-2)39-25(36)30-22-21-23(31-24(27)29-22)32(16-28-21)19-12-18(34)26(6-3,15-33)40-19/h3,16-19,33-34H,4-5,7-15H2,1-2H3,(H,29,30,31,36)/t17?,18-,19+,26+/m0/s1. The van der Waals surface area contributed by atoms with E-state index in [1.165, 1.54) is 10.9 Å². The van der Waals surface area contributed by atoms with Crippen molar-refractivity contribution in [1.82, 2.24) is 19.5 Å². The molecule has 2 aromatic heterocycles. The zero-order valence-electron chi connectivity index (χ0n) is 22.7. The molecule has 1 aliphatic heterocycles. The molecule has 0 bridgehead atoms. The van der Waals surface area contributed by atoms with Gasteiger partial charge in [0.2, 0.25) is 0 Å². The summed E-state index contributed by atoms with van der Waals surface area (Å²) in [5.74, 6) is 1.56. The molecule has 1 amide bonds. The number of amides is 1. The molecule has 4 atom stereocenters. The Morgan fingerprint density at radius 2 is 2.08 bits per heavy atom. The molecular weight excluding hydrogens is 529 g/mol. The SMILES string of the molecule is C#C[C@]1(CO)O[C@@H](n2cnc3c(NC(=O)OC(COCCCCC)COC(=O)CCCC)nc(F)nc32)C[C@@H]1O. The van der Waals surface area contributed by atoms with E-state index in [9.17, 15) is 24.2 Å². The molecule has 40 heavy (non-hydrogen) atoms. The van der Waals surface area contributed by atoms with Gasteiger partial charge in [0.1, 0.15) is 18.9 Å². The molecule has 3 rings (SSSR count). The van der Waals surface area contributed by atoms with Crippen LogP contribution >= 0.6 is 0 Å². The molecule has 0 radical (unpaired) electrons. The molecule has 0 saturated carbocycles. The summed E-state index contributed by atoms with van der Waals surface area (Å²) in [6.45, 7) is 3.61. The van der Waals surface area contributed by atoms with Crippen molar-refractivity contribution in [3.8, 4) is 12.3 Å². The van der Waals surface area contributed by atoms with Crippen molar-refractivity contribution < 1.29 is 43.1 Å². The molecule has 1 unspecified atom stereocenters. The third kappa shape index (κ3) is 7.85. The largest absolute Gasteiger partial charge is 0.462 e. The Morgan fingerprint density at radius 1 is 1.30 bits per heavy atom. The van der Waals surface area contributed by atoms with Gasteiger partial charge in [0.15, 0.2) is 28.7 Å². The van der Waals surface area contributed by atoms with E-state index in [2.05, 4.69) is 33.1 Å². The lowest BCUT2D eigenvalue weighted by molar-refractivity contribution is -0.147. The molecule has 13 nitrogen and oxygen atoms in total. The summed E-state index contributed by atoms with van der Waals surface area (Å²) in [5.41, 5.74) is -1.67. The van der Waals surface area contributed by atoms with Crippen molar-refractivity contribution in [2.75, 3.05) is 31.7 Å². The predicted molar refractivity (Wildman–Crippen MR) is 139 cm³/mol. The minimum atomic E-state index is -1.63. The number of nitrogens with one attached hydrogen (secondary N) is 1. The van der Waals surface area contributed by atoms with Crippen LogP contribution in [0.2, 0.25) is 0 Å². The molecule has 2 aromatic rings. The van der Waals surface area contributed by atoms with Gasteiger partial charge in [-0.2, -0.15) is 14.4 Å². The number of anilines is 1. The third-order valence-electron chi connectivity index (χ3n) is 6.35. The van der Waals surface area contributed by atoms with E-state index < -0.39 is 48.8 Å². The predicted octanol–water partition coefficient (Wildman–Crippen LogP) is 2.47. The summed E-state index contributed by atoms with van der Waals surface area (Å²) in [6, 6.07) is 0. The average Bonchev–Trinajstić information content (AvgIpc) is 3.50. The molecule has 0 spiro atoms. The number of aliphatic hydroxyl groups excluding tert-OH is 2. The summed E-state index contributed by atoms with van der Waals surface area (Å²) < 4.78 is 37.6. The van der Waals surface area contributed by atoms with Crippen LogP contribution < -0.4 is 5.32 Å². The minimum absolute atomic E-state index is 0.0104. The highest BCUT2D eigenvalue weighted by Gasteiger charge is 2.47. The number of fused-ring (bicyclic) bond motifs is 1. The number of hydrogen-bond donors (Lipinski definition) is 3. The lowest BCUT2D eigenvalue weighted by Gasteiger charge is -2.23. The van der Waals surface area contributed by atoms with Crippen molar-refractivity contribution in [2.45, 2.75) is 82.8 Å². The van der Waals surface area contributed by atoms with Gasteiger partial charge < -0.3 is 29.2 Å². The Hall–Kier alpha value is -3.38. The Morgan fingerprint density at radius 3 is 2.75 bits per heavy atom. The number of hydrogen-bond acceptors (Lipinski definition) is 11. The quantitative estimate of drug-likeness (QED) is 0.126. The Bertz CT molecular complexity index is 1190. The number of carbonyl (C=O) groups is 2. The Balaban J connectivity index is 1.71. The lowest BCUT2D eigenvalue weighted by Crippen LogP contribution is -2.41. The number of unbranched alkanes of at least 4 members (excludes halogenated alkanes) is 3. The highest BCUT2D eigenvalue weighted by molar-refractivity contribution is 5.93. The maximum absolute atomic E-state index is 14.4. The summed E-state index contributed by atoms with van der Waals surface area (Å²) in [4.78, 5) is 36.2. The number of halogens is 1. The fourth-order valence-electron chi connectivity index (χ4n) is 4.07. The number of nitrogens with zero attached hydrogens (tertiary/aromatic N) is 4. The molecule has 0 aromatic carbocycles.